The van der Waals surface area contributed by atoms with E-state index in [1.54, 1.807) is 12.1 Å². The summed E-state index contributed by atoms with van der Waals surface area (Å²) in [5, 5.41) is 9.80. The third kappa shape index (κ3) is 3.35. The number of aldehydes is 1. The average molecular weight is 260 g/mol. The number of aliphatic hydroxyl groups excluding tert-OH is 1. The molecule has 0 atom stereocenters. The molecule has 1 heterocycles. The van der Waals surface area contributed by atoms with Gasteiger partial charge in [-0.1, -0.05) is 4.57 Å². The van der Waals surface area contributed by atoms with Gasteiger partial charge in [-0.15, -0.1) is 0 Å². The Morgan fingerprint density at radius 2 is 2.00 bits per heavy atom. The summed E-state index contributed by atoms with van der Waals surface area (Å²) in [6.07, 6.45) is 2.10. The number of nitrogens with zero attached hydrogens (tertiary/aromatic N) is 1. The summed E-state index contributed by atoms with van der Waals surface area (Å²) in [7, 11) is 2.99. The number of rotatable bonds is 4. The van der Waals surface area contributed by atoms with Crippen LogP contribution >= 0.6 is 0 Å². The van der Waals surface area contributed by atoms with Gasteiger partial charge in [0.05, 0.1) is 20.3 Å². The van der Waals surface area contributed by atoms with Gasteiger partial charge in [0.15, 0.2) is 12.0 Å². The zero-order chi connectivity index (χ0) is 12.1. The van der Waals surface area contributed by atoms with E-state index in [0.717, 1.165) is 0 Å². The predicted octanol–water partition coefficient (Wildman–Crippen LogP) is -2.06. The topological polar surface area (TPSA) is 59.6 Å². The van der Waals surface area contributed by atoms with Gasteiger partial charge >= 0.3 is 11.8 Å². The van der Waals surface area contributed by atoms with E-state index in [9.17, 15) is 9.90 Å². The molecule has 0 amide bonds. The van der Waals surface area contributed by atoms with Crippen molar-refractivity contribution in [1.82, 2.24) is 0 Å². The molecule has 94 valence electrons. The van der Waals surface area contributed by atoms with Crippen LogP contribution in [0, 0.1) is 0 Å². The number of ether oxygens (including phenoxy) is 2. The van der Waals surface area contributed by atoms with Crippen molar-refractivity contribution >= 4 is 12.2 Å². The second-order valence-electron chi connectivity index (χ2n) is 3.11. The lowest BCUT2D eigenvalue weighted by atomic mass is 10.3. The zero-order valence-electron chi connectivity index (χ0n) is 9.81. The molecule has 5 nitrogen and oxygen atoms in total. The van der Waals surface area contributed by atoms with E-state index in [4.69, 9.17) is 9.47 Å². The summed E-state index contributed by atoms with van der Waals surface area (Å²) >= 11 is 0. The van der Waals surface area contributed by atoms with Crippen LogP contribution in [0.5, 0.6) is 11.6 Å². The number of methoxy groups -OCH3 is 2. The Balaban J connectivity index is 0.00000256. The van der Waals surface area contributed by atoms with Gasteiger partial charge < -0.3 is 27.0 Å². The van der Waals surface area contributed by atoms with Crippen LogP contribution in [0.3, 0.4) is 0 Å². The van der Waals surface area contributed by atoms with Crippen molar-refractivity contribution < 1.29 is 36.3 Å². The highest BCUT2D eigenvalue weighted by Gasteiger charge is 2.20. The third-order valence-electron chi connectivity index (χ3n) is 2.09. The summed E-state index contributed by atoms with van der Waals surface area (Å²) in [5.74, 6) is 0.760. The molecular formula is C11H14ClNO4. The van der Waals surface area contributed by atoms with Gasteiger partial charge in [0.25, 0.3) is 0 Å². The number of hydrogen-bond acceptors (Lipinski definition) is 4. The molecule has 17 heavy (non-hydrogen) atoms. The molecule has 1 rings (SSSR count). The number of carbonyl (C=O) groups is 1. The predicted molar refractivity (Wildman–Crippen MR) is 57.3 cm³/mol. The van der Waals surface area contributed by atoms with Gasteiger partial charge in [-0.05, 0) is 13.0 Å². The van der Waals surface area contributed by atoms with E-state index in [2.05, 4.69) is 0 Å². The Morgan fingerprint density at radius 1 is 1.35 bits per heavy atom. The average Bonchev–Trinajstić information content (AvgIpc) is 2.35. The second-order valence-corrected chi connectivity index (χ2v) is 3.11. The lowest BCUT2D eigenvalue weighted by Gasteiger charge is -2.03. The summed E-state index contributed by atoms with van der Waals surface area (Å²) in [5.41, 5.74) is 0.205. The fourth-order valence-corrected chi connectivity index (χ4v) is 1.16. The number of hydrogen-bond donors (Lipinski definition) is 1. The first-order chi connectivity index (χ1) is 7.63. The van der Waals surface area contributed by atoms with Gasteiger partial charge in [0.1, 0.15) is 5.57 Å². The van der Waals surface area contributed by atoms with Crippen LogP contribution in [0.1, 0.15) is 6.92 Å². The van der Waals surface area contributed by atoms with Crippen LogP contribution in [0.15, 0.2) is 23.9 Å². The van der Waals surface area contributed by atoms with Crippen LogP contribution in [0.2, 0.25) is 0 Å². The SMILES string of the molecule is COc1ccc(OC)[n+](/C(O)=C(/C)C=O)c1.[Cl-]. The van der Waals surface area contributed by atoms with Crippen molar-refractivity contribution in [2.24, 2.45) is 0 Å². The highest BCUT2D eigenvalue weighted by atomic mass is 35.5. The summed E-state index contributed by atoms with van der Waals surface area (Å²) < 4.78 is 11.4. The van der Waals surface area contributed by atoms with E-state index >= 15 is 0 Å². The Morgan fingerprint density at radius 3 is 2.47 bits per heavy atom. The Hall–Kier alpha value is -1.75. The first-order valence-corrected chi connectivity index (χ1v) is 4.63. The molecule has 0 bridgehead atoms. The van der Waals surface area contributed by atoms with Crippen LogP contribution in [0.25, 0.3) is 5.88 Å². The fourth-order valence-electron chi connectivity index (χ4n) is 1.16. The number of carbonyl (C=O) groups excluding carboxylic acids is 1. The lowest BCUT2D eigenvalue weighted by molar-refractivity contribution is -0.607. The molecule has 0 aromatic carbocycles. The smallest absolute Gasteiger partial charge is 0.380 e. The molecule has 0 spiro atoms. The van der Waals surface area contributed by atoms with Crippen molar-refractivity contribution in [3.05, 3.63) is 23.9 Å². The minimum absolute atomic E-state index is 0. The van der Waals surface area contributed by atoms with Gasteiger partial charge in [-0.25, -0.2) is 0 Å². The van der Waals surface area contributed by atoms with E-state index in [1.165, 1.54) is 31.9 Å². The van der Waals surface area contributed by atoms with E-state index in [0.29, 0.717) is 17.9 Å². The standard InChI is InChI=1S/C11H13NO4.ClH/c1-8(7-13)11(14)12-6-9(15-2)4-5-10(12)16-3;/h4-7H,1-3H3;1H. The van der Waals surface area contributed by atoms with Crippen LogP contribution in [0.4, 0.5) is 0 Å². The second kappa shape index (κ2) is 6.75. The quantitative estimate of drug-likeness (QED) is 0.292. The molecule has 0 radical (unpaired) electrons. The van der Waals surface area contributed by atoms with Crippen LogP contribution in [-0.2, 0) is 4.79 Å². The minimum Gasteiger partial charge on any atom is -1.00 e. The van der Waals surface area contributed by atoms with Crippen molar-refractivity contribution in [3.63, 3.8) is 0 Å². The van der Waals surface area contributed by atoms with Crippen LogP contribution in [-0.4, -0.2) is 25.6 Å². The minimum atomic E-state index is -0.189. The largest absolute Gasteiger partial charge is 1.00 e. The lowest BCUT2D eigenvalue weighted by Crippen LogP contribution is -3.00. The van der Waals surface area contributed by atoms with E-state index in [-0.39, 0.29) is 23.9 Å². The van der Waals surface area contributed by atoms with Crippen molar-refractivity contribution in [1.29, 1.82) is 0 Å². The number of pyridine rings is 1. The fraction of sp³-hybridized carbons (Fsp3) is 0.273. The molecule has 0 saturated heterocycles. The van der Waals surface area contributed by atoms with Crippen LogP contribution < -0.4 is 26.4 Å². The highest BCUT2D eigenvalue weighted by Crippen LogP contribution is 2.13. The maximum Gasteiger partial charge on any atom is 0.380 e. The van der Waals surface area contributed by atoms with Gasteiger partial charge in [-0.2, -0.15) is 0 Å². The van der Waals surface area contributed by atoms with Gasteiger partial charge in [0.2, 0.25) is 6.20 Å². The Labute approximate surface area is 106 Å². The summed E-state index contributed by atoms with van der Waals surface area (Å²) in [4.78, 5) is 10.6. The molecule has 1 aromatic heterocycles. The van der Waals surface area contributed by atoms with Crippen molar-refractivity contribution in [2.45, 2.75) is 6.92 Å². The molecule has 0 aliphatic heterocycles. The van der Waals surface area contributed by atoms with E-state index < -0.39 is 0 Å². The first kappa shape index (κ1) is 15.2. The molecule has 0 aliphatic carbocycles. The van der Waals surface area contributed by atoms with E-state index in [1.807, 2.05) is 0 Å². The molecule has 0 aliphatic rings. The first-order valence-electron chi connectivity index (χ1n) is 4.63. The molecule has 0 fully saturated rings. The van der Waals surface area contributed by atoms with Crippen molar-refractivity contribution in [2.75, 3.05) is 14.2 Å². The third-order valence-corrected chi connectivity index (χ3v) is 2.09. The molecule has 6 heteroatoms. The molecule has 1 N–H and O–H groups in total. The molecule has 0 saturated carbocycles. The number of halogens is 1. The normalized spacial score (nSPS) is 11.0. The maximum atomic E-state index is 10.6. The summed E-state index contributed by atoms with van der Waals surface area (Å²) in [6, 6.07) is 3.33. The maximum absolute atomic E-state index is 10.6. The number of aliphatic hydroxyl groups is 1. The Bertz CT molecular complexity index is 431. The molecule has 1 aromatic rings. The van der Waals surface area contributed by atoms with Gasteiger partial charge in [-0.3, -0.25) is 4.79 Å². The molecular weight excluding hydrogens is 246 g/mol. The summed E-state index contributed by atoms with van der Waals surface area (Å²) in [6.45, 7) is 1.51. The Kier molecular flexibility index (Phi) is 6.06. The van der Waals surface area contributed by atoms with Crippen molar-refractivity contribution in [3.8, 4) is 11.6 Å². The van der Waals surface area contributed by atoms with Gasteiger partial charge in [0, 0.05) is 0 Å². The number of aromatic nitrogens is 1. The zero-order valence-corrected chi connectivity index (χ0v) is 10.6. The highest BCUT2D eigenvalue weighted by molar-refractivity contribution is 5.77. The molecule has 0 unspecified atom stereocenters. The monoisotopic (exact) mass is 259 g/mol. The number of allylic oxidation sites excluding steroid dienone is 1.